The van der Waals surface area contributed by atoms with Crippen LogP contribution in [0.2, 0.25) is 0 Å². The number of pyridine rings is 1. The molecule has 2 fully saturated rings. The molecule has 0 bridgehead atoms. The summed E-state index contributed by atoms with van der Waals surface area (Å²) in [4.78, 5) is 39.5. The molecule has 0 radical (unpaired) electrons. The van der Waals surface area contributed by atoms with Crippen molar-refractivity contribution >= 4 is 23.5 Å². The Morgan fingerprint density at radius 1 is 1.05 bits per heavy atom. The molecule has 3 aliphatic rings. The van der Waals surface area contributed by atoms with Gasteiger partial charge in [0.05, 0.1) is 7.11 Å². The van der Waals surface area contributed by atoms with Crippen LogP contribution in [-0.4, -0.2) is 66.6 Å². The first-order valence-corrected chi connectivity index (χ1v) is 12.0. The Balaban J connectivity index is 0.000000426. The largest absolute Gasteiger partial charge is 0.490 e. The van der Waals surface area contributed by atoms with E-state index in [1.807, 2.05) is 18.2 Å². The number of carboxylic acids is 1. The maximum Gasteiger partial charge on any atom is 0.490 e. The number of rotatable bonds is 3. The third-order valence-corrected chi connectivity index (χ3v) is 7.28. The van der Waals surface area contributed by atoms with Crippen LogP contribution in [0.5, 0.6) is 0 Å². The number of alkyl halides is 4. The number of amides is 1. The summed E-state index contributed by atoms with van der Waals surface area (Å²) in [5, 5.41) is 7.12. The number of anilines is 1. The van der Waals surface area contributed by atoms with Gasteiger partial charge < -0.3 is 19.5 Å². The van der Waals surface area contributed by atoms with Gasteiger partial charge in [0, 0.05) is 42.6 Å². The third kappa shape index (κ3) is 5.22. The molecule has 1 aromatic heterocycles. The highest BCUT2D eigenvalue weighted by Crippen LogP contribution is 2.50. The first-order chi connectivity index (χ1) is 17.9. The van der Waals surface area contributed by atoms with E-state index >= 15 is 4.39 Å². The van der Waals surface area contributed by atoms with Gasteiger partial charge in [-0.15, -0.1) is 0 Å². The molecule has 2 aliphatic heterocycles. The van der Waals surface area contributed by atoms with Crippen LogP contribution in [0, 0.1) is 0 Å². The summed E-state index contributed by atoms with van der Waals surface area (Å²) in [7, 11) is 1.32. The van der Waals surface area contributed by atoms with Crippen molar-refractivity contribution < 1.29 is 46.5 Å². The molecule has 1 aromatic carbocycles. The molecular formula is C26H26F4N2O6. The second-order valence-electron chi connectivity index (χ2n) is 9.56. The highest BCUT2D eigenvalue weighted by Gasteiger charge is 2.53. The number of hydrogen-bond donors (Lipinski definition) is 1. The molecule has 1 amide bonds. The van der Waals surface area contributed by atoms with Crippen molar-refractivity contribution in [1.82, 2.24) is 4.98 Å². The van der Waals surface area contributed by atoms with Gasteiger partial charge in [-0.25, -0.2) is 19.0 Å². The zero-order chi connectivity index (χ0) is 27.7. The molecule has 1 N–H and O–H groups in total. The number of hydrogen-bond acceptors (Lipinski definition) is 6. The summed E-state index contributed by atoms with van der Waals surface area (Å²) in [5.41, 5.74) is 1.99. The Morgan fingerprint density at radius 2 is 1.68 bits per heavy atom. The van der Waals surface area contributed by atoms with Crippen molar-refractivity contribution in [1.29, 1.82) is 0 Å². The minimum absolute atomic E-state index is 0.223. The van der Waals surface area contributed by atoms with E-state index in [1.54, 1.807) is 17.2 Å². The highest BCUT2D eigenvalue weighted by molar-refractivity contribution is 6.02. The number of carbonyl (C=O) groups is 3. The number of aromatic nitrogens is 1. The second kappa shape index (κ2) is 10.3. The highest BCUT2D eigenvalue weighted by atomic mass is 19.4. The molecule has 204 valence electrons. The maximum atomic E-state index is 15.0. The minimum atomic E-state index is -5.08. The number of aliphatic carboxylic acids is 1. The average molecular weight is 538 g/mol. The fourth-order valence-electron chi connectivity index (χ4n) is 4.95. The van der Waals surface area contributed by atoms with Gasteiger partial charge in [-0.3, -0.25) is 4.79 Å². The van der Waals surface area contributed by atoms with Crippen molar-refractivity contribution in [3.63, 3.8) is 0 Å². The van der Waals surface area contributed by atoms with Gasteiger partial charge in [0.15, 0.2) is 5.67 Å². The van der Waals surface area contributed by atoms with Gasteiger partial charge in [-0.1, -0.05) is 12.1 Å². The van der Waals surface area contributed by atoms with Gasteiger partial charge in [0.1, 0.15) is 5.69 Å². The third-order valence-electron chi connectivity index (χ3n) is 7.28. The van der Waals surface area contributed by atoms with Gasteiger partial charge in [-0.2, -0.15) is 13.2 Å². The van der Waals surface area contributed by atoms with Crippen LogP contribution < -0.4 is 4.90 Å². The van der Waals surface area contributed by atoms with E-state index in [9.17, 15) is 22.8 Å². The summed E-state index contributed by atoms with van der Waals surface area (Å²) >= 11 is 0. The van der Waals surface area contributed by atoms with E-state index in [-0.39, 0.29) is 11.1 Å². The number of ether oxygens (including phenoxy) is 2. The molecule has 38 heavy (non-hydrogen) atoms. The van der Waals surface area contributed by atoms with E-state index in [0.717, 1.165) is 41.6 Å². The Kier molecular flexibility index (Phi) is 7.46. The molecule has 1 aliphatic carbocycles. The fraction of sp³-hybridized carbons (Fsp3) is 0.462. The van der Waals surface area contributed by atoms with E-state index in [0.29, 0.717) is 32.6 Å². The summed E-state index contributed by atoms with van der Waals surface area (Å²) in [6, 6.07) is 9.41. The minimum Gasteiger partial charge on any atom is -0.475 e. The molecular weight excluding hydrogens is 512 g/mol. The number of carboxylic acid groups (broad SMARTS) is 1. The quantitative estimate of drug-likeness (QED) is 0.455. The van der Waals surface area contributed by atoms with Crippen molar-refractivity contribution in [3.05, 3.63) is 47.8 Å². The van der Waals surface area contributed by atoms with Gasteiger partial charge in [0.25, 0.3) is 5.91 Å². The predicted octanol–water partition coefficient (Wildman–Crippen LogP) is 4.46. The number of carbonyl (C=O) groups excluding carboxylic acids is 2. The van der Waals surface area contributed by atoms with Crippen LogP contribution in [0.15, 0.2) is 36.5 Å². The Hall–Kier alpha value is -3.54. The van der Waals surface area contributed by atoms with Crippen molar-refractivity contribution in [2.75, 3.05) is 31.8 Å². The van der Waals surface area contributed by atoms with Gasteiger partial charge in [-0.05, 0) is 61.4 Å². The van der Waals surface area contributed by atoms with E-state index < -0.39 is 29.7 Å². The van der Waals surface area contributed by atoms with Crippen molar-refractivity contribution in [2.24, 2.45) is 0 Å². The van der Waals surface area contributed by atoms with Gasteiger partial charge >= 0.3 is 18.1 Å². The van der Waals surface area contributed by atoms with Crippen LogP contribution in [0.25, 0.3) is 11.1 Å². The number of halogens is 4. The molecule has 2 aromatic rings. The lowest BCUT2D eigenvalue weighted by Crippen LogP contribution is -2.51. The smallest absolute Gasteiger partial charge is 0.475 e. The van der Waals surface area contributed by atoms with E-state index in [4.69, 9.17) is 19.4 Å². The molecule has 3 heterocycles. The average Bonchev–Trinajstić information content (AvgIpc) is 3.19. The lowest BCUT2D eigenvalue weighted by atomic mass is 9.75. The Bertz CT molecular complexity index is 1220. The van der Waals surface area contributed by atoms with E-state index in [2.05, 4.69) is 11.1 Å². The zero-order valence-corrected chi connectivity index (χ0v) is 20.5. The molecule has 1 saturated carbocycles. The number of nitrogens with zero attached hydrogens (tertiary/aromatic N) is 2. The first-order valence-electron chi connectivity index (χ1n) is 12.0. The topological polar surface area (TPSA) is 106 Å². The fourth-order valence-corrected chi connectivity index (χ4v) is 4.95. The van der Waals surface area contributed by atoms with Crippen molar-refractivity contribution in [2.45, 2.75) is 49.4 Å². The molecule has 12 heteroatoms. The zero-order valence-electron chi connectivity index (χ0n) is 20.5. The monoisotopic (exact) mass is 538 g/mol. The van der Waals surface area contributed by atoms with Crippen LogP contribution in [0.4, 0.5) is 23.2 Å². The summed E-state index contributed by atoms with van der Waals surface area (Å²) < 4.78 is 57.1. The summed E-state index contributed by atoms with van der Waals surface area (Å²) in [5.74, 6) is -3.64. The number of esters is 1. The first kappa shape index (κ1) is 27.5. The van der Waals surface area contributed by atoms with Crippen LogP contribution >= 0.6 is 0 Å². The molecule has 0 atom stereocenters. The summed E-state index contributed by atoms with van der Waals surface area (Å²) in [6.45, 7) is 1.75. The maximum absolute atomic E-state index is 15.0. The predicted molar refractivity (Wildman–Crippen MR) is 126 cm³/mol. The van der Waals surface area contributed by atoms with Crippen LogP contribution in [0.1, 0.15) is 48.2 Å². The number of fused-ring (bicyclic) bond motifs is 2. The Labute approximate surface area is 215 Å². The molecule has 1 saturated heterocycles. The molecule has 5 rings (SSSR count). The summed E-state index contributed by atoms with van der Waals surface area (Å²) in [6.07, 6.45) is -0.463. The molecule has 0 unspecified atom stereocenters. The van der Waals surface area contributed by atoms with Crippen LogP contribution in [0.3, 0.4) is 0 Å². The normalized spacial score (nSPS) is 19.0. The number of benzene rings is 1. The molecule has 1 spiro atoms. The van der Waals surface area contributed by atoms with Gasteiger partial charge in [0.2, 0.25) is 0 Å². The number of methoxy groups -OCH3 is 1. The Morgan fingerprint density at radius 3 is 2.18 bits per heavy atom. The standard InChI is InChI=1S/C24H25FN2O4.C2HF3O2/c1-30-21(28)19-5-3-17(14-26-19)16-4-6-20-18(13-16)23(9-11-31-12-10-23)15-27(20)22(29)24(25)7-2-8-24;3-2(4,5)1(6)7/h3-6,13-14H,2,7-12,15H2,1H3;(H,6,7). The molecule has 8 nitrogen and oxygen atoms in total. The second-order valence-corrected chi connectivity index (χ2v) is 9.56. The SMILES string of the molecule is COC(=O)c1ccc(-c2ccc3c(c2)C2(CCOCC2)CN3C(=O)C2(F)CCC2)cn1.O=C(O)C(F)(F)F. The lowest BCUT2D eigenvalue weighted by Gasteiger charge is -2.37. The lowest BCUT2D eigenvalue weighted by molar-refractivity contribution is -0.192. The van der Waals surface area contributed by atoms with E-state index in [1.165, 1.54) is 7.11 Å². The van der Waals surface area contributed by atoms with Crippen LogP contribution in [-0.2, 0) is 24.5 Å². The van der Waals surface area contributed by atoms with Crippen molar-refractivity contribution in [3.8, 4) is 11.1 Å².